The summed E-state index contributed by atoms with van der Waals surface area (Å²) in [6, 6.07) is 46.1. The second-order valence-corrected chi connectivity index (χ2v) is 13.7. The van der Waals surface area contributed by atoms with Crippen LogP contribution in [0.25, 0.3) is 81.2 Å². The zero-order chi connectivity index (χ0) is 29.9. The zero-order valence-electron chi connectivity index (χ0n) is 24.9. The molecule has 1 aliphatic rings. The summed E-state index contributed by atoms with van der Waals surface area (Å²) in [5, 5.41) is 7.42. The lowest BCUT2D eigenvalue weighted by Gasteiger charge is -2.24. The largest absolute Gasteiger partial charge is 0.278 e. The second kappa shape index (κ2) is 8.87. The number of aromatic nitrogens is 3. The van der Waals surface area contributed by atoms with E-state index in [1.807, 2.05) is 11.3 Å². The van der Waals surface area contributed by atoms with Crippen molar-refractivity contribution in [2.24, 2.45) is 0 Å². The first-order valence-corrected chi connectivity index (χ1v) is 16.2. The molecule has 0 N–H and O–H groups in total. The maximum absolute atomic E-state index is 5.54. The van der Waals surface area contributed by atoms with E-state index in [4.69, 9.17) is 9.97 Å². The van der Waals surface area contributed by atoms with Crippen LogP contribution >= 0.6 is 11.3 Å². The molecule has 3 heterocycles. The fourth-order valence-electron chi connectivity index (χ4n) is 7.66. The predicted octanol–water partition coefficient (Wildman–Crippen LogP) is 11.1. The van der Waals surface area contributed by atoms with Crippen LogP contribution in [0.15, 0.2) is 127 Å². The fraction of sp³-hybridized carbons (Fsp3) is 0.0732. The molecule has 0 aliphatic heterocycles. The molecule has 212 valence electrons. The van der Waals surface area contributed by atoms with Crippen LogP contribution in [0, 0.1) is 0 Å². The predicted molar refractivity (Wildman–Crippen MR) is 190 cm³/mol. The van der Waals surface area contributed by atoms with Gasteiger partial charge in [-0.1, -0.05) is 105 Å². The molecule has 0 fully saturated rings. The topological polar surface area (TPSA) is 30.7 Å². The quantitative estimate of drug-likeness (QED) is 0.200. The number of rotatable bonds is 2. The molecule has 0 saturated heterocycles. The third kappa shape index (κ3) is 3.40. The number of hydrogen-bond donors (Lipinski definition) is 0. The Labute approximate surface area is 264 Å². The van der Waals surface area contributed by atoms with Gasteiger partial charge in [0.2, 0.25) is 5.95 Å². The minimum absolute atomic E-state index is 0.248. The first-order chi connectivity index (χ1) is 22.1. The summed E-state index contributed by atoms with van der Waals surface area (Å²) in [6.07, 6.45) is 0. The van der Waals surface area contributed by atoms with Crippen LogP contribution in [-0.2, 0) is 5.41 Å². The van der Waals surface area contributed by atoms with Gasteiger partial charge in [-0.15, -0.1) is 11.3 Å². The molecule has 4 heteroatoms. The van der Waals surface area contributed by atoms with E-state index in [1.165, 1.54) is 58.4 Å². The van der Waals surface area contributed by atoms with Crippen molar-refractivity contribution in [1.29, 1.82) is 0 Å². The molecule has 3 nitrogen and oxygen atoms in total. The van der Waals surface area contributed by atoms with Gasteiger partial charge < -0.3 is 0 Å². The summed E-state index contributed by atoms with van der Waals surface area (Å²) >= 11 is 1.85. The maximum Gasteiger partial charge on any atom is 0.235 e. The molecule has 0 radical (unpaired) electrons. The molecule has 0 spiro atoms. The van der Waals surface area contributed by atoms with Gasteiger partial charge in [-0.05, 0) is 52.7 Å². The average Bonchev–Trinajstić information content (AvgIpc) is 3.68. The summed E-state index contributed by atoms with van der Waals surface area (Å²) in [7, 11) is 0. The van der Waals surface area contributed by atoms with E-state index in [-0.39, 0.29) is 5.41 Å². The van der Waals surface area contributed by atoms with Crippen LogP contribution < -0.4 is 0 Å². The first-order valence-electron chi connectivity index (χ1n) is 15.4. The third-order valence-corrected chi connectivity index (χ3v) is 10.9. The Bertz CT molecular complexity index is 2690. The fourth-order valence-corrected chi connectivity index (χ4v) is 8.74. The van der Waals surface area contributed by atoms with Gasteiger partial charge in [0.05, 0.1) is 22.4 Å². The molecule has 6 aromatic carbocycles. The van der Waals surface area contributed by atoms with Crippen molar-refractivity contribution in [3.8, 4) is 28.5 Å². The minimum atomic E-state index is -0.248. The Kier molecular flexibility index (Phi) is 4.94. The standard InChI is InChI=1S/C41H27N3S/c1-41(2)32-16-8-5-15-29(32)39-37(41)38(26-19-20-36-31(22-26)28-14-7-10-18-35(28)45-36)42-40(43-39)44-33-17-9-6-13-27(33)30-21-24-11-3-4-12-25(24)23-34(30)44/h3-23H,1-2H3. The summed E-state index contributed by atoms with van der Waals surface area (Å²) in [4.78, 5) is 11.0. The van der Waals surface area contributed by atoms with Crippen LogP contribution in [0.3, 0.4) is 0 Å². The van der Waals surface area contributed by atoms with Gasteiger partial charge in [0.1, 0.15) is 0 Å². The summed E-state index contributed by atoms with van der Waals surface area (Å²) in [6.45, 7) is 4.63. The van der Waals surface area contributed by atoms with Crippen LogP contribution in [0.5, 0.6) is 0 Å². The third-order valence-electron chi connectivity index (χ3n) is 9.77. The molecule has 0 saturated carbocycles. The van der Waals surface area contributed by atoms with Crippen LogP contribution in [0.4, 0.5) is 0 Å². The maximum atomic E-state index is 5.54. The van der Waals surface area contributed by atoms with Crippen molar-refractivity contribution >= 4 is 64.1 Å². The Hall–Kier alpha value is -5.32. The van der Waals surface area contributed by atoms with Gasteiger partial charge in [0.25, 0.3) is 0 Å². The SMILES string of the molecule is CC1(C)c2ccccc2-c2nc(-n3c4ccccc4c4cc5ccccc5cc43)nc(-c3ccc4sc5ccccc5c4c3)c21. The molecular weight excluding hydrogens is 567 g/mol. The van der Waals surface area contributed by atoms with Crippen molar-refractivity contribution in [1.82, 2.24) is 14.5 Å². The van der Waals surface area contributed by atoms with E-state index in [0.717, 1.165) is 28.0 Å². The molecule has 45 heavy (non-hydrogen) atoms. The highest BCUT2D eigenvalue weighted by Gasteiger charge is 2.40. The minimum Gasteiger partial charge on any atom is -0.278 e. The molecule has 0 bridgehead atoms. The molecule has 0 amide bonds. The summed E-state index contributed by atoms with van der Waals surface area (Å²) in [5.74, 6) is 0.702. The Balaban J connectivity index is 1.34. The number of thiophene rings is 1. The van der Waals surface area contributed by atoms with Gasteiger partial charge in [0, 0.05) is 53.1 Å². The smallest absolute Gasteiger partial charge is 0.235 e. The molecule has 10 rings (SSSR count). The van der Waals surface area contributed by atoms with E-state index >= 15 is 0 Å². The van der Waals surface area contributed by atoms with E-state index in [0.29, 0.717) is 5.95 Å². The molecule has 0 unspecified atom stereocenters. The second-order valence-electron chi connectivity index (χ2n) is 12.6. The van der Waals surface area contributed by atoms with Crippen molar-refractivity contribution in [3.05, 3.63) is 139 Å². The highest BCUT2D eigenvalue weighted by Crippen LogP contribution is 2.51. The van der Waals surface area contributed by atoms with Crippen molar-refractivity contribution in [2.75, 3.05) is 0 Å². The Morgan fingerprint density at radius 2 is 1.24 bits per heavy atom. The van der Waals surface area contributed by atoms with Gasteiger partial charge in [0.15, 0.2) is 0 Å². The molecule has 3 aromatic heterocycles. The lowest BCUT2D eigenvalue weighted by atomic mass is 9.81. The number of hydrogen-bond acceptors (Lipinski definition) is 3. The first kappa shape index (κ1) is 25.1. The number of para-hydroxylation sites is 1. The van der Waals surface area contributed by atoms with Crippen LogP contribution in [-0.4, -0.2) is 14.5 Å². The molecule has 1 aliphatic carbocycles. The van der Waals surface area contributed by atoms with Crippen LogP contribution in [0.2, 0.25) is 0 Å². The van der Waals surface area contributed by atoms with E-state index < -0.39 is 0 Å². The normalized spacial score (nSPS) is 13.7. The van der Waals surface area contributed by atoms with Crippen LogP contribution in [0.1, 0.15) is 25.0 Å². The highest BCUT2D eigenvalue weighted by atomic mass is 32.1. The number of benzene rings is 6. The van der Waals surface area contributed by atoms with Crippen molar-refractivity contribution in [3.63, 3.8) is 0 Å². The monoisotopic (exact) mass is 593 g/mol. The van der Waals surface area contributed by atoms with Gasteiger partial charge in [-0.25, -0.2) is 9.97 Å². The van der Waals surface area contributed by atoms with Crippen molar-refractivity contribution in [2.45, 2.75) is 19.3 Å². The molecule has 0 atom stereocenters. The van der Waals surface area contributed by atoms with E-state index in [2.05, 4.69) is 146 Å². The van der Waals surface area contributed by atoms with E-state index in [1.54, 1.807) is 0 Å². The molecular formula is C41H27N3S. The molecule has 9 aromatic rings. The Morgan fingerprint density at radius 1 is 0.556 bits per heavy atom. The zero-order valence-corrected chi connectivity index (χ0v) is 25.7. The van der Waals surface area contributed by atoms with Gasteiger partial charge >= 0.3 is 0 Å². The highest BCUT2D eigenvalue weighted by molar-refractivity contribution is 7.25. The summed E-state index contributed by atoms with van der Waals surface area (Å²) in [5.41, 5.74) is 8.80. The van der Waals surface area contributed by atoms with E-state index in [9.17, 15) is 0 Å². The lowest BCUT2D eigenvalue weighted by molar-refractivity contribution is 0.657. The average molecular weight is 594 g/mol. The number of nitrogens with zero attached hydrogens (tertiary/aromatic N) is 3. The van der Waals surface area contributed by atoms with Crippen molar-refractivity contribution < 1.29 is 0 Å². The Morgan fingerprint density at radius 3 is 2.13 bits per heavy atom. The van der Waals surface area contributed by atoms with Gasteiger partial charge in [-0.2, -0.15) is 0 Å². The lowest BCUT2D eigenvalue weighted by Crippen LogP contribution is -2.18. The number of fused-ring (bicyclic) bond motifs is 10. The van der Waals surface area contributed by atoms with Gasteiger partial charge in [-0.3, -0.25) is 4.57 Å². The summed E-state index contributed by atoms with van der Waals surface area (Å²) < 4.78 is 4.87.